The van der Waals surface area contributed by atoms with Gasteiger partial charge in [-0.1, -0.05) is 24.3 Å². The van der Waals surface area contributed by atoms with Gasteiger partial charge in [-0.2, -0.15) is 0 Å². The number of ether oxygens (including phenoxy) is 2. The zero-order valence-corrected chi connectivity index (χ0v) is 29.9. The molecule has 0 bridgehead atoms. The number of carbonyl (C=O) groups is 4. The number of fused-ring (bicyclic) bond motifs is 2. The second-order valence-corrected chi connectivity index (χ2v) is 14.3. The Labute approximate surface area is 302 Å². The van der Waals surface area contributed by atoms with Crippen LogP contribution >= 0.6 is 0 Å². The number of anilines is 1. The fourth-order valence-corrected chi connectivity index (χ4v) is 8.44. The highest BCUT2D eigenvalue weighted by Gasteiger charge is 2.40. The molecule has 4 aliphatic rings. The van der Waals surface area contributed by atoms with Crippen molar-refractivity contribution >= 4 is 40.8 Å². The predicted molar refractivity (Wildman–Crippen MR) is 192 cm³/mol. The molecule has 2 N–H and O–H groups in total. The van der Waals surface area contributed by atoms with E-state index >= 15 is 0 Å². The van der Waals surface area contributed by atoms with Crippen LogP contribution in [0.3, 0.4) is 0 Å². The molecule has 4 amide bonds. The molecular weight excluding hydrogens is 668 g/mol. The highest BCUT2D eigenvalue weighted by Crippen LogP contribution is 2.29. The number of hydrogen-bond acceptors (Lipinski definition) is 9. The van der Waals surface area contributed by atoms with Crippen LogP contribution in [0.5, 0.6) is 0 Å². The number of hydrogen-bond donors (Lipinski definition) is 2. The van der Waals surface area contributed by atoms with E-state index in [4.69, 9.17) is 13.9 Å². The lowest BCUT2D eigenvalue weighted by molar-refractivity contribution is -0.150. The van der Waals surface area contributed by atoms with Gasteiger partial charge in [-0.25, -0.2) is 14.4 Å². The Bertz CT molecular complexity index is 1860. The molecule has 278 valence electrons. The summed E-state index contributed by atoms with van der Waals surface area (Å²) in [6.07, 6.45) is 3.48. The standard InChI is InChI=1S/C38H48N6O8/c1-3-50-35(46)30-9-6-15-43(30)27-11-16-41(17-12-27)34(45)32(23-25-21-24(2)33-31(22-25)51-37(48)40-33)52-38(49)42-18-13-28(14-19-42)44-20-10-26-7-4-5-8-29(26)39-36(44)47/h4-5,7-8,21-22,27-28,30,32H,3,6,9-20,23H2,1-2H3,(H,39,47)(H,40,48)/t30-,32-/m1/s1. The number of carbonyl (C=O) groups excluding carboxylic acids is 4. The van der Waals surface area contributed by atoms with Crippen LogP contribution in [-0.2, 0) is 31.9 Å². The molecule has 14 heteroatoms. The van der Waals surface area contributed by atoms with Gasteiger partial charge < -0.3 is 33.9 Å². The summed E-state index contributed by atoms with van der Waals surface area (Å²) < 4.78 is 16.7. The quantitative estimate of drug-likeness (QED) is 0.328. The number of aromatic amines is 1. The molecule has 3 aromatic rings. The highest BCUT2D eigenvalue weighted by atomic mass is 16.6. The van der Waals surface area contributed by atoms with Crippen molar-refractivity contribution < 1.29 is 33.1 Å². The smallest absolute Gasteiger partial charge is 0.417 e. The summed E-state index contributed by atoms with van der Waals surface area (Å²) in [4.78, 5) is 75.8. The lowest BCUT2D eigenvalue weighted by atomic mass is 9.99. The molecule has 0 radical (unpaired) electrons. The minimum atomic E-state index is -1.10. The van der Waals surface area contributed by atoms with E-state index in [1.54, 1.807) is 15.9 Å². The van der Waals surface area contributed by atoms with Gasteiger partial charge in [0.1, 0.15) is 6.04 Å². The van der Waals surface area contributed by atoms with Crippen molar-refractivity contribution in [1.82, 2.24) is 24.6 Å². The molecule has 52 heavy (non-hydrogen) atoms. The molecule has 0 aliphatic carbocycles. The van der Waals surface area contributed by atoms with Gasteiger partial charge in [-0.15, -0.1) is 0 Å². The monoisotopic (exact) mass is 716 g/mol. The molecule has 0 unspecified atom stereocenters. The number of para-hydroxylation sites is 1. The average Bonchev–Trinajstić information content (AvgIpc) is 3.75. The molecule has 3 fully saturated rings. The van der Waals surface area contributed by atoms with E-state index in [1.807, 2.05) is 49.1 Å². The molecule has 2 aromatic carbocycles. The second kappa shape index (κ2) is 15.4. The van der Waals surface area contributed by atoms with Crippen molar-refractivity contribution in [2.45, 2.75) is 89.4 Å². The van der Waals surface area contributed by atoms with E-state index in [0.29, 0.717) is 81.7 Å². The summed E-state index contributed by atoms with van der Waals surface area (Å²) in [6, 6.07) is 11.2. The van der Waals surface area contributed by atoms with Crippen LogP contribution in [0, 0.1) is 6.92 Å². The van der Waals surface area contributed by atoms with Crippen LogP contribution in [0.4, 0.5) is 15.3 Å². The number of H-pyrrole nitrogens is 1. The first-order valence-electron chi connectivity index (χ1n) is 18.6. The number of piperidine rings is 2. The summed E-state index contributed by atoms with van der Waals surface area (Å²) in [5.41, 5.74) is 4.38. The topological polar surface area (TPSA) is 158 Å². The molecule has 1 aromatic heterocycles. The third kappa shape index (κ3) is 7.52. The van der Waals surface area contributed by atoms with Gasteiger partial charge >= 0.3 is 23.8 Å². The number of urea groups is 1. The Morgan fingerprint density at radius 1 is 0.923 bits per heavy atom. The number of aromatic nitrogens is 1. The van der Waals surface area contributed by atoms with Crippen LogP contribution in [0.25, 0.3) is 11.1 Å². The summed E-state index contributed by atoms with van der Waals surface area (Å²) in [5, 5.41) is 3.03. The minimum Gasteiger partial charge on any atom is -0.465 e. The summed E-state index contributed by atoms with van der Waals surface area (Å²) in [5.74, 6) is -1.02. The molecule has 0 saturated carbocycles. The van der Waals surface area contributed by atoms with Crippen LogP contribution in [-0.4, -0.2) is 119 Å². The molecule has 2 atom stereocenters. The van der Waals surface area contributed by atoms with Crippen molar-refractivity contribution in [3.63, 3.8) is 0 Å². The zero-order chi connectivity index (χ0) is 36.4. The third-order valence-corrected chi connectivity index (χ3v) is 11.1. The molecule has 3 saturated heterocycles. The fourth-order valence-electron chi connectivity index (χ4n) is 8.44. The molecule has 7 rings (SSSR count). The van der Waals surface area contributed by atoms with E-state index in [-0.39, 0.29) is 42.5 Å². The molecular formula is C38H48N6O8. The summed E-state index contributed by atoms with van der Waals surface area (Å²) in [7, 11) is 0. The average molecular weight is 717 g/mol. The first-order chi connectivity index (χ1) is 25.2. The van der Waals surface area contributed by atoms with Crippen molar-refractivity contribution in [3.05, 3.63) is 63.6 Å². The van der Waals surface area contributed by atoms with Crippen molar-refractivity contribution in [3.8, 4) is 0 Å². The number of amides is 4. The number of benzene rings is 2. The highest BCUT2D eigenvalue weighted by molar-refractivity contribution is 5.91. The molecule has 5 heterocycles. The molecule has 0 spiro atoms. The van der Waals surface area contributed by atoms with Gasteiger partial charge in [-0.05, 0) is 94.2 Å². The van der Waals surface area contributed by atoms with Gasteiger partial charge in [0.05, 0.1) is 12.1 Å². The SMILES string of the molecule is CCOC(=O)[C@H]1CCCN1C1CCN(C(=O)[C@@H](Cc2cc(C)c3[nH]c(=O)oc3c2)OC(=O)N2CCC(N3CCc4ccccc4NC3=O)CC2)CC1. The minimum absolute atomic E-state index is 0.0261. The summed E-state index contributed by atoms with van der Waals surface area (Å²) >= 11 is 0. The van der Waals surface area contributed by atoms with E-state index in [0.717, 1.165) is 42.6 Å². The Balaban J connectivity index is 1.01. The van der Waals surface area contributed by atoms with Crippen LogP contribution in [0.2, 0.25) is 0 Å². The lowest BCUT2D eigenvalue weighted by Gasteiger charge is -2.40. The fraction of sp³-hybridized carbons (Fsp3) is 0.553. The Morgan fingerprint density at radius 3 is 2.42 bits per heavy atom. The van der Waals surface area contributed by atoms with Crippen LogP contribution < -0.4 is 11.1 Å². The zero-order valence-electron chi connectivity index (χ0n) is 29.9. The van der Waals surface area contributed by atoms with Gasteiger partial charge in [0.15, 0.2) is 11.7 Å². The van der Waals surface area contributed by atoms with Crippen molar-refractivity contribution in [2.24, 2.45) is 0 Å². The Morgan fingerprint density at radius 2 is 1.65 bits per heavy atom. The number of rotatable bonds is 8. The first kappa shape index (κ1) is 35.5. The van der Waals surface area contributed by atoms with E-state index in [2.05, 4.69) is 15.2 Å². The van der Waals surface area contributed by atoms with Crippen molar-refractivity contribution in [2.75, 3.05) is 51.2 Å². The number of likely N-dealkylation sites (tertiary alicyclic amines) is 3. The number of aryl methyl sites for hydroxylation is 1. The largest absolute Gasteiger partial charge is 0.465 e. The normalized spacial score (nSPS) is 21.1. The van der Waals surface area contributed by atoms with Crippen LogP contribution in [0.15, 0.2) is 45.6 Å². The third-order valence-electron chi connectivity index (χ3n) is 11.1. The van der Waals surface area contributed by atoms with E-state index < -0.39 is 18.0 Å². The number of oxazole rings is 1. The maximum absolute atomic E-state index is 14.2. The number of esters is 1. The predicted octanol–water partition coefficient (Wildman–Crippen LogP) is 4.05. The molecule has 4 aliphatic heterocycles. The summed E-state index contributed by atoms with van der Waals surface area (Å²) in [6.45, 7) is 7.16. The van der Waals surface area contributed by atoms with Gasteiger partial charge in [0.2, 0.25) is 0 Å². The van der Waals surface area contributed by atoms with Gasteiger partial charge in [-0.3, -0.25) is 19.5 Å². The van der Waals surface area contributed by atoms with E-state index in [1.165, 1.54) is 0 Å². The maximum atomic E-state index is 14.2. The Hall–Kier alpha value is -4.85. The van der Waals surface area contributed by atoms with Crippen LogP contribution in [0.1, 0.15) is 62.1 Å². The van der Waals surface area contributed by atoms with Gasteiger partial charge in [0.25, 0.3) is 5.91 Å². The molecule has 14 nitrogen and oxygen atoms in total. The maximum Gasteiger partial charge on any atom is 0.417 e. The number of nitrogens with zero attached hydrogens (tertiary/aromatic N) is 4. The first-order valence-corrected chi connectivity index (χ1v) is 18.6. The second-order valence-electron chi connectivity index (χ2n) is 14.3. The lowest BCUT2D eigenvalue weighted by Crippen LogP contribution is -2.53. The van der Waals surface area contributed by atoms with E-state index in [9.17, 15) is 24.0 Å². The number of nitrogens with one attached hydrogen (secondary N) is 2. The van der Waals surface area contributed by atoms with Crippen molar-refractivity contribution in [1.29, 1.82) is 0 Å². The Kier molecular flexibility index (Phi) is 10.5. The van der Waals surface area contributed by atoms with Gasteiger partial charge in [0, 0.05) is 56.9 Å².